The molecule has 0 radical (unpaired) electrons. The molecule has 4 nitrogen and oxygen atoms in total. The Kier molecular flexibility index (Phi) is 4.19. The summed E-state index contributed by atoms with van der Waals surface area (Å²) in [6.45, 7) is 2.60. The molecule has 1 N–H and O–H groups in total. The fourth-order valence-electron chi connectivity index (χ4n) is 1.90. The van der Waals surface area contributed by atoms with Crippen molar-refractivity contribution in [3.63, 3.8) is 0 Å². The first kappa shape index (κ1) is 13.0. The van der Waals surface area contributed by atoms with Crippen LogP contribution in [0.1, 0.15) is 0 Å². The van der Waals surface area contributed by atoms with Gasteiger partial charge in [-0.15, -0.1) is 11.3 Å². The molecular formula is C11H16BrN3OS. The molecule has 0 aliphatic carbocycles. The van der Waals surface area contributed by atoms with Crippen LogP contribution < -0.4 is 10.2 Å². The number of carbonyl (C=O) groups is 1. The number of anilines is 1. The topological polar surface area (TPSA) is 35.6 Å². The summed E-state index contributed by atoms with van der Waals surface area (Å²) in [5.74, 6) is 0.147. The van der Waals surface area contributed by atoms with Gasteiger partial charge in [0.2, 0.25) is 5.91 Å². The third-order valence-electron chi connectivity index (χ3n) is 3.02. The van der Waals surface area contributed by atoms with Gasteiger partial charge in [-0.1, -0.05) is 0 Å². The van der Waals surface area contributed by atoms with E-state index in [-0.39, 0.29) is 11.9 Å². The minimum Gasteiger partial charge on any atom is -0.313 e. The highest BCUT2D eigenvalue weighted by atomic mass is 79.9. The molecule has 1 unspecified atom stereocenters. The molecule has 94 valence electrons. The molecule has 1 fully saturated rings. The Morgan fingerprint density at radius 2 is 2.41 bits per heavy atom. The maximum absolute atomic E-state index is 12.4. The van der Waals surface area contributed by atoms with Gasteiger partial charge in [-0.25, -0.2) is 0 Å². The van der Waals surface area contributed by atoms with Crippen molar-refractivity contribution in [3.05, 3.63) is 15.9 Å². The highest BCUT2D eigenvalue weighted by Gasteiger charge is 2.29. The molecule has 0 aromatic carbocycles. The SMILES string of the molecule is CN(C(=O)C1CNCCN1C)c1ccc(Br)s1. The Bertz CT molecular complexity index is 409. The lowest BCUT2D eigenvalue weighted by Gasteiger charge is -2.34. The van der Waals surface area contributed by atoms with Gasteiger partial charge in [0, 0.05) is 26.7 Å². The Morgan fingerprint density at radius 1 is 1.65 bits per heavy atom. The van der Waals surface area contributed by atoms with Crippen LogP contribution in [0.4, 0.5) is 5.00 Å². The molecule has 0 bridgehead atoms. The fraction of sp³-hybridized carbons (Fsp3) is 0.545. The third-order valence-corrected chi connectivity index (χ3v) is 4.72. The number of amides is 1. The van der Waals surface area contributed by atoms with Gasteiger partial charge >= 0.3 is 0 Å². The molecule has 1 atom stereocenters. The first-order chi connectivity index (χ1) is 8.09. The summed E-state index contributed by atoms with van der Waals surface area (Å²) in [7, 11) is 3.84. The molecule has 1 saturated heterocycles. The van der Waals surface area contributed by atoms with Gasteiger partial charge in [-0.3, -0.25) is 9.69 Å². The highest BCUT2D eigenvalue weighted by Crippen LogP contribution is 2.29. The zero-order chi connectivity index (χ0) is 12.4. The van der Waals surface area contributed by atoms with E-state index in [0.717, 1.165) is 28.4 Å². The zero-order valence-corrected chi connectivity index (χ0v) is 12.3. The summed E-state index contributed by atoms with van der Waals surface area (Å²) >= 11 is 4.99. The lowest BCUT2D eigenvalue weighted by atomic mass is 10.2. The van der Waals surface area contributed by atoms with Crippen LogP contribution in [0.3, 0.4) is 0 Å². The van der Waals surface area contributed by atoms with E-state index in [9.17, 15) is 4.79 Å². The van der Waals surface area contributed by atoms with E-state index in [1.165, 1.54) is 0 Å². The molecule has 1 aliphatic heterocycles. The predicted octanol–water partition coefficient (Wildman–Crippen LogP) is 1.38. The minimum absolute atomic E-state index is 0.0605. The van der Waals surface area contributed by atoms with E-state index in [4.69, 9.17) is 0 Å². The first-order valence-corrected chi connectivity index (χ1v) is 7.14. The van der Waals surface area contributed by atoms with Crippen molar-refractivity contribution < 1.29 is 4.79 Å². The van der Waals surface area contributed by atoms with Crippen molar-refractivity contribution in [3.8, 4) is 0 Å². The van der Waals surface area contributed by atoms with Crippen LogP contribution in [0.15, 0.2) is 15.9 Å². The maximum atomic E-state index is 12.4. The lowest BCUT2D eigenvalue weighted by Crippen LogP contribution is -2.56. The van der Waals surface area contributed by atoms with Gasteiger partial charge in [0.25, 0.3) is 0 Å². The third kappa shape index (κ3) is 2.88. The van der Waals surface area contributed by atoms with Crippen LogP contribution in [0, 0.1) is 0 Å². The van der Waals surface area contributed by atoms with Gasteiger partial charge < -0.3 is 10.2 Å². The molecule has 1 aromatic rings. The monoisotopic (exact) mass is 317 g/mol. The second kappa shape index (κ2) is 5.48. The number of thiophene rings is 1. The van der Waals surface area contributed by atoms with Gasteiger partial charge in [-0.2, -0.15) is 0 Å². The Morgan fingerprint density at radius 3 is 3.00 bits per heavy atom. The Balaban J connectivity index is 2.08. The zero-order valence-electron chi connectivity index (χ0n) is 9.94. The molecule has 0 spiro atoms. The number of nitrogens with one attached hydrogen (secondary N) is 1. The van der Waals surface area contributed by atoms with Gasteiger partial charge in [0.05, 0.1) is 8.79 Å². The van der Waals surface area contributed by atoms with E-state index in [1.54, 1.807) is 16.2 Å². The van der Waals surface area contributed by atoms with E-state index in [1.807, 2.05) is 26.2 Å². The van der Waals surface area contributed by atoms with Gasteiger partial charge in [0.1, 0.15) is 6.04 Å². The van der Waals surface area contributed by atoms with E-state index in [0.29, 0.717) is 0 Å². The first-order valence-electron chi connectivity index (χ1n) is 5.53. The Labute approximate surface area is 114 Å². The number of hydrogen-bond acceptors (Lipinski definition) is 4. The van der Waals surface area contributed by atoms with Crippen LogP contribution in [-0.2, 0) is 4.79 Å². The molecular weight excluding hydrogens is 302 g/mol. The molecule has 0 saturated carbocycles. The maximum Gasteiger partial charge on any atom is 0.245 e. The number of carbonyl (C=O) groups excluding carboxylic acids is 1. The number of nitrogens with zero attached hydrogens (tertiary/aromatic N) is 2. The number of hydrogen-bond donors (Lipinski definition) is 1. The van der Waals surface area contributed by atoms with Crippen LogP contribution in [0.25, 0.3) is 0 Å². The van der Waals surface area contributed by atoms with Crippen molar-refractivity contribution in [2.45, 2.75) is 6.04 Å². The van der Waals surface area contributed by atoms with Crippen LogP contribution in [0.5, 0.6) is 0 Å². The van der Waals surface area contributed by atoms with Crippen molar-refractivity contribution in [2.75, 3.05) is 38.6 Å². The molecule has 1 aromatic heterocycles. The van der Waals surface area contributed by atoms with E-state index in [2.05, 4.69) is 26.1 Å². The Hall–Kier alpha value is -0.430. The quantitative estimate of drug-likeness (QED) is 0.895. The van der Waals surface area contributed by atoms with Crippen LogP contribution >= 0.6 is 27.3 Å². The summed E-state index contributed by atoms with van der Waals surface area (Å²) in [6.07, 6.45) is 0. The summed E-state index contributed by atoms with van der Waals surface area (Å²) in [4.78, 5) is 16.2. The van der Waals surface area contributed by atoms with Crippen molar-refractivity contribution in [1.82, 2.24) is 10.2 Å². The number of likely N-dealkylation sites (N-methyl/N-ethyl adjacent to an activating group) is 2. The largest absolute Gasteiger partial charge is 0.313 e. The van der Waals surface area contributed by atoms with Crippen LogP contribution in [0.2, 0.25) is 0 Å². The molecule has 2 heterocycles. The molecule has 17 heavy (non-hydrogen) atoms. The summed E-state index contributed by atoms with van der Waals surface area (Å²) in [5, 5.41) is 4.24. The predicted molar refractivity (Wildman–Crippen MR) is 74.7 cm³/mol. The van der Waals surface area contributed by atoms with Crippen LogP contribution in [-0.4, -0.2) is 50.6 Å². The molecule has 1 aliphatic rings. The van der Waals surface area contributed by atoms with Crippen molar-refractivity contribution in [1.29, 1.82) is 0 Å². The summed E-state index contributed by atoms with van der Waals surface area (Å²) < 4.78 is 1.04. The molecule has 6 heteroatoms. The molecule has 2 rings (SSSR count). The highest BCUT2D eigenvalue weighted by molar-refractivity contribution is 9.11. The lowest BCUT2D eigenvalue weighted by molar-refractivity contribution is -0.123. The minimum atomic E-state index is -0.0605. The number of piperazine rings is 1. The average molecular weight is 318 g/mol. The van der Waals surface area contributed by atoms with E-state index >= 15 is 0 Å². The smallest absolute Gasteiger partial charge is 0.245 e. The van der Waals surface area contributed by atoms with E-state index < -0.39 is 0 Å². The molecule has 1 amide bonds. The van der Waals surface area contributed by atoms with Crippen molar-refractivity contribution in [2.24, 2.45) is 0 Å². The summed E-state index contributed by atoms with van der Waals surface area (Å²) in [5.41, 5.74) is 0. The average Bonchev–Trinajstić information content (AvgIpc) is 2.75. The second-order valence-corrected chi connectivity index (χ2v) is 6.62. The number of halogens is 1. The summed E-state index contributed by atoms with van der Waals surface area (Å²) in [6, 6.07) is 3.87. The number of rotatable bonds is 2. The second-order valence-electron chi connectivity index (χ2n) is 4.18. The van der Waals surface area contributed by atoms with Gasteiger partial charge in [-0.05, 0) is 35.1 Å². The standard InChI is InChI=1S/C11H16BrN3OS/c1-14-6-5-13-7-8(14)11(16)15(2)10-4-3-9(12)17-10/h3-4,8,13H,5-7H2,1-2H3. The normalized spacial score (nSPS) is 21.5. The van der Waals surface area contributed by atoms with Crippen molar-refractivity contribution >= 4 is 38.2 Å². The van der Waals surface area contributed by atoms with Gasteiger partial charge in [0.15, 0.2) is 0 Å². The fourth-order valence-corrected chi connectivity index (χ4v) is 3.23.